The van der Waals surface area contributed by atoms with Gasteiger partial charge in [-0.05, 0) is 63.0 Å². The van der Waals surface area contributed by atoms with E-state index in [-0.39, 0.29) is 17.9 Å². The van der Waals surface area contributed by atoms with E-state index in [1.165, 1.54) is 19.3 Å². The molecule has 1 saturated carbocycles. The quantitative estimate of drug-likeness (QED) is 0.793. The van der Waals surface area contributed by atoms with Crippen molar-refractivity contribution in [2.45, 2.75) is 57.0 Å². The maximum Gasteiger partial charge on any atom is 0.251 e. The first-order valence-electron chi connectivity index (χ1n) is 9.15. The summed E-state index contributed by atoms with van der Waals surface area (Å²) in [4.78, 5) is 24.6. The van der Waals surface area contributed by atoms with E-state index in [0.29, 0.717) is 17.2 Å². The Bertz CT molecular complexity index is 507. The number of carbonyl (C=O) groups is 2. The second kappa shape index (κ2) is 8.29. The predicted molar refractivity (Wildman–Crippen MR) is 94.1 cm³/mol. The lowest BCUT2D eigenvalue weighted by Gasteiger charge is -2.24. The van der Waals surface area contributed by atoms with Gasteiger partial charge in [0.25, 0.3) is 11.8 Å². The lowest BCUT2D eigenvalue weighted by Crippen LogP contribution is -2.42. The third kappa shape index (κ3) is 4.57. The highest BCUT2D eigenvalue weighted by Crippen LogP contribution is 2.18. The van der Waals surface area contributed by atoms with Crippen LogP contribution >= 0.6 is 0 Å². The first-order valence-corrected chi connectivity index (χ1v) is 9.15. The van der Waals surface area contributed by atoms with Crippen molar-refractivity contribution in [1.29, 1.82) is 0 Å². The molecule has 0 atom stereocenters. The number of amides is 2. The zero-order chi connectivity index (χ0) is 16.8. The highest BCUT2D eigenvalue weighted by Gasteiger charge is 2.18. The average molecular weight is 329 g/mol. The van der Waals surface area contributed by atoms with Gasteiger partial charge >= 0.3 is 0 Å². The molecule has 130 valence electrons. The number of benzene rings is 1. The summed E-state index contributed by atoms with van der Waals surface area (Å²) in [7, 11) is 0. The zero-order valence-electron chi connectivity index (χ0n) is 14.1. The molecule has 0 aromatic heterocycles. The van der Waals surface area contributed by atoms with E-state index in [4.69, 9.17) is 0 Å². The Morgan fingerprint density at radius 3 is 1.71 bits per heavy atom. The van der Waals surface area contributed by atoms with E-state index in [0.717, 1.165) is 38.8 Å². The van der Waals surface area contributed by atoms with Crippen LogP contribution in [-0.4, -0.2) is 37.0 Å². The van der Waals surface area contributed by atoms with Crippen LogP contribution in [0.4, 0.5) is 0 Å². The van der Waals surface area contributed by atoms with E-state index >= 15 is 0 Å². The first kappa shape index (κ1) is 17.0. The summed E-state index contributed by atoms with van der Waals surface area (Å²) >= 11 is 0. The topological polar surface area (TPSA) is 70.2 Å². The fourth-order valence-corrected chi connectivity index (χ4v) is 3.52. The summed E-state index contributed by atoms with van der Waals surface area (Å²) in [6, 6.07) is 7.52. The molecule has 0 spiro atoms. The lowest BCUT2D eigenvalue weighted by atomic mass is 9.95. The number of rotatable bonds is 4. The molecule has 24 heavy (non-hydrogen) atoms. The summed E-state index contributed by atoms with van der Waals surface area (Å²) in [5.41, 5.74) is 1.24. The van der Waals surface area contributed by atoms with Crippen LogP contribution in [0.1, 0.15) is 65.7 Å². The van der Waals surface area contributed by atoms with E-state index in [9.17, 15) is 9.59 Å². The second-order valence-electron chi connectivity index (χ2n) is 6.88. The fourth-order valence-electron chi connectivity index (χ4n) is 3.52. The molecule has 1 saturated heterocycles. The van der Waals surface area contributed by atoms with Crippen LogP contribution < -0.4 is 16.0 Å². The molecule has 5 nitrogen and oxygen atoms in total. The van der Waals surface area contributed by atoms with Crippen molar-refractivity contribution in [2.24, 2.45) is 0 Å². The zero-order valence-corrected chi connectivity index (χ0v) is 14.1. The third-order valence-corrected chi connectivity index (χ3v) is 5.02. The normalized spacial score (nSPS) is 19.7. The van der Waals surface area contributed by atoms with Gasteiger partial charge in [0.1, 0.15) is 0 Å². The van der Waals surface area contributed by atoms with Crippen molar-refractivity contribution < 1.29 is 9.59 Å². The molecule has 0 bridgehead atoms. The summed E-state index contributed by atoms with van der Waals surface area (Å²) in [6.45, 7) is 1.90. The van der Waals surface area contributed by atoms with Gasteiger partial charge in [-0.3, -0.25) is 9.59 Å². The van der Waals surface area contributed by atoms with Crippen molar-refractivity contribution >= 4 is 11.8 Å². The molecule has 3 N–H and O–H groups in total. The van der Waals surface area contributed by atoms with E-state index in [2.05, 4.69) is 16.0 Å². The summed E-state index contributed by atoms with van der Waals surface area (Å²) in [5.74, 6) is -0.0895. The van der Waals surface area contributed by atoms with Gasteiger partial charge in [0.05, 0.1) is 0 Å². The number of piperidine rings is 1. The van der Waals surface area contributed by atoms with Crippen LogP contribution in [0.25, 0.3) is 0 Å². The lowest BCUT2D eigenvalue weighted by molar-refractivity contribution is 0.0916. The fraction of sp³-hybridized carbons (Fsp3) is 0.579. The number of hydrogen-bond acceptors (Lipinski definition) is 3. The molecular formula is C19H27N3O2. The number of carbonyl (C=O) groups excluding carboxylic acids is 2. The van der Waals surface area contributed by atoms with E-state index in [1.54, 1.807) is 24.3 Å². The second-order valence-corrected chi connectivity index (χ2v) is 6.88. The van der Waals surface area contributed by atoms with Gasteiger partial charge in [-0.1, -0.05) is 19.3 Å². The van der Waals surface area contributed by atoms with Crippen LogP contribution in [0, 0.1) is 0 Å². The minimum atomic E-state index is -0.0545. The van der Waals surface area contributed by atoms with Crippen LogP contribution in [0.3, 0.4) is 0 Å². The number of hydrogen-bond donors (Lipinski definition) is 3. The maximum atomic E-state index is 12.3. The SMILES string of the molecule is O=C(NC1CCCCC1)c1ccc(C(=O)NC2CCNCC2)cc1. The van der Waals surface area contributed by atoms with Crippen LogP contribution in [0.15, 0.2) is 24.3 Å². The van der Waals surface area contributed by atoms with Crippen molar-refractivity contribution in [3.8, 4) is 0 Å². The summed E-state index contributed by atoms with van der Waals surface area (Å²) < 4.78 is 0. The van der Waals surface area contributed by atoms with Crippen LogP contribution in [0.2, 0.25) is 0 Å². The molecule has 2 fully saturated rings. The minimum absolute atomic E-state index is 0.0350. The monoisotopic (exact) mass is 329 g/mol. The van der Waals surface area contributed by atoms with Gasteiger partial charge in [-0.25, -0.2) is 0 Å². The smallest absolute Gasteiger partial charge is 0.251 e. The average Bonchev–Trinajstić information content (AvgIpc) is 2.63. The Morgan fingerprint density at radius 2 is 1.21 bits per heavy atom. The van der Waals surface area contributed by atoms with Crippen LogP contribution in [-0.2, 0) is 0 Å². The minimum Gasteiger partial charge on any atom is -0.349 e. The Kier molecular flexibility index (Phi) is 5.86. The summed E-state index contributed by atoms with van der Waals surface area (Å²) in [6.07, 6.45) is 7.74. The molecule has 1 aliphatic carbocycles. The van der Waals surface area contributed by atoms with Crippen molar-refractivity contribution in [3.63, 3.8) is 0 Å². The first-order chi connectivity index (χ1) is 11.7. The van der Waals surface area contributed by atoms with Crippen LogP contribution in [0.5, 0.6) is 0 Å². The molecule has 1 aromatic carbocycles. The van der Waals surface area contributed by atoms with Gasteiger partial charge in [0, 0.05) is 23.2 Å². The highest BCUT2D eigenvalue weighted by atomic mass is 16.2. The van der Waals surface area contributed by atoms with Gasteiger partial charge in [-0.15, -0.1) is 0 Å². The molecule has 1 heterocycles. The molecule has 5 heteroatoms. The number of nitrogens with one attached hydrogen (secondary N) is 3. The van der Waals surface area contributed by atoms with Gasteiger partial charge in [0.15, 0.2) is 0 Å². The molecule has 0 unspecified atom stereocenters. The Balaban J connectivity index is 1.53. The Labute approximate surface area is 143 Å². The molecule has 1 aromatic rings. The highest BCUT2D eigenvalue weighted by molar-refractivity contribution is 5.98. The summed E-state index contributed by atoms with van der Waals surface area (Å²) in [5, 5.41) is 9.46. The largest absolute Gasteiger partial charge is 0.349 e. The Hall–Kier alpha value is -1.88. The molecule has 2 aliphatic rings. The Morgan fingerprint density at radius 1 is 0.750 bits per heavy atom. The molecule has 2 amide bonds. The molecular weight excluding hydrogens is 302 g/mol. The van der Waals surface area contributed by atoms with Gasteiger partial charge < -0.3 is 16.0 Å². The van der Waals surface area contributed by atoms with Gasteiger partial charge in [0.2, 0.25) is 0 Å². The molecule has 3 rings (SSSR count). The molecule has 0 radical (unpaired) electrons. The maximum absolute atomic E-state index is 12.3. The van der Waals surface area contributed by atoms with Crippen molar-refractivity contribution in [1.82, 2.24) is 16.0 Å². The predicted octanol–water partition coefficient (Wildman–Crippen LogP) is 2.23. The molecule has 1 aliphatic heterocycles. The van der Waals surface area contributed by atoms with Crippen molar-refractivity contribution in [3.05, 3.63) is 35.4 Å². The van der Waals surface area contributed by atoms with Gasteiger partial charge in [-0.2, -0.15) is 0 Å². The van der Waals surface area contributed by atoms with E-state index < -0.39 is 0 Å². The van der Waals surface area contributed by atoms with Crippen molar-refractivity contribution in [2.75, 3.05) is 13.1 Å². The third-order valence-electron chi connectivity index (χ3n) is 5.02. The standard InChI is InChI=1S/C19H27N3O2/c23-18(21-16-4-2-1-3-5-16)14-6-8-15(9-7-14)19(24)22-17-10-12-20-13-11-17/h6-9,16-17,20H,1-5,10-13H2,(H,21,23)(H,22,24). The van der Waals surface area contributed by atoms with E-state index in [1.807, 2.05) is 0 Å².